The lowest BCUT2D eigenvalue weighted by molar-refractivity contribution is -0.384. The van der Waals surface area contributed by atoms with Gasteiger partial charge in [0.2, 0.25) is 0 Å². The molecule has 0 atom stereocenters. The number of nitrogens with one attached hydrogen (secondary N) is 2. The standard InChI is InChI=1S/C23H24N4O4/c1-15-22(23(28)24-16-9-13-19(31-2)14-10-16)20-5-3-4-6-21(20)26(15)25-17-7-11-18(12-8-17)27(29)30/h7-14,25H,3-6H2,1-2H3,(H,24,28). The van der Waals surface area contributed by atoms with Crippen LogP contribution in [0, 0.1) is 17.0 Å². The van der Waals surface area contributed by atoms with Crippen molar-refractivity contribution in [3.8, 4) is 5.75 Å². The number of carbonyl (C=O) groups excluding carboxylic acids is 1. The average molecular weight is 420 g/mol. The highest BCUT2D eigenvalue weighted by molar-refractivity contribution is 6.06. The van der Waals surface area contributed by atoms with Gasteiger partial charge in [0, 0.05) is 23.5 Å². The molecule has 1 aliphatic rings. The molecule has 1 aliphatic carbocycles. The molecule has 2 aromatic carbocycles. The van der Waals surface area contributed by atoms with E-state index in [4.69, 9.17) is 4.74 Å². The Kier molecular flexibility index (Phi) is 5.62. The molecule has 0 radical (unpaired) electrons. The van der Waals surface area contributed by atoms with E-state index in [2.05, 4.69) is 10.7 Å². The van der Waals surface area contributed by atoms with Gasteiger partial charge >= 0.3 is 0 Å². The minimum absolute atomic E-state index is 0.0383. The highest BCUT2D eigenvalue weighted by Crippen LogP contribution is 2.31. The third kappa shape index (κ3) is 4.09. The Bertz CT molecular complexity index is 1120. The number of benzene rings is 2. The molecule has 0 saturated heterocycles. The van der Waals surface area contributed by atoms with Crippen LogP contribution in [0.25, 0.3) is 0 Å². The number of nitrogens with zero attached hydrogens (tertiary/aromatic N) is 2. The summed E-state index contributed by atoms with van der Waals surface area (Å²) in [7, 11) is 1.60. The van der Waals surface area contributed by atoms with Crippen molar-refractivity contribution in [2.45, 2.75) is 32.6 Å². The number of anilines is 2. The lowest BCUT2D eigenvalue weighted by Crippen LogP contribution is -2.16. The molecule has 0 bridgehead atoms. The Hall–Kier alpha value is -3.81. The lowest BCUT2D eigenvalue weighted by Gasteiger charge is -2.18. The van der Waals surface area contributed by atoms with Crippen LogP contribution in [0.4, 0.5) is 17.1 Å². The molecule has 160 valence electrons. The number of carbonyl (C=O) groups is 1. The van der Waals surface area contributed by atoms with Crippen LogP contribution in [-0.2, 0) is 12.8 Å². The quantitative estimate of drug-likeness (QED) is 0.444. The minimum Gasteiger partial charge on any atom is -0.497 e. The second kappa shape index (κ2) is 8.51. The summed E-state index contributed by atoms with van der Waals surface area (Å²) in [6, 6.07) is 13.5. The van der Waals surface area contributed by atoms with E-state index in [1.807, 2.05) is 23.7 Å². The maximum atomic E-state index is 13.2. The fourth-order valence-corrected chi connectivity index (χ4v) is 4.05. The highest BCUT2D eigenvalue weighted by atomic mass is 16.6. The second-order valence-corrected chi connectivity index (χ2v) is 7.53. The van der Waals surface area contributed by atoms with E-state index in [9.17, 15) is 14.9 Å². The summed E-state index contributed by atoms with van der Waals surface area (Å²) in [5.41, 5.74) is 8.42. The summed E-state index contributed by atoms with van der Waals surface area (Å²) in [5.74, 6) is 0.579. The molecule has 1 amide bonds. The van der Waals surface area contributed by atoms with Crippen molar-refractivity contribution in [2.75, 3.05) is 17.9 Å². The van der Waals surface area contributed by atoms with Gasteiger partial charge in [-0.15, -0.1) is 0 Å². The van der Waals surface area contributed by atoms with Crippen LogP contribution >= 0.6 is 0 Å². The Balaban J connectivity index is 1.64. The molecule has 8 heteroatoms. The van der Waals surface area contributed by atoms with Gasteiger partial charge in [0.1, 0.15) is 5.75 Å². The molecule has 4 rings (SSSR count). The van der Waals surface area contributed by atoms with Gasteiger partial charge in [-0.2, -0.15) is 0 Å². The summed E-state index contributed by atoms with van der Waals surface area (Å²) >= 11 is 0. The zero-order chi connectivity index (χ0) is 22.0. The lowest BCUT2D eigenvalue weighted by atomic mass is 9.94. The van der Waals surface area contributed by atoms with Gasteiger partial charge in [0.05, 0.1) is 29.0 Å². The van der Waals surface area contributed by atoms with E-state index in [1.165, 1.54) is 12.1 Å². The van der Waals surface area contributed by atoms with Crippen LogP contribution in [0.3, 0.4) is 0 Å². The predicted molar refractivity (Wildman–Crippen MR) is 119 cm³/mol. The van der Waals surface area contributed by atoms with Crippen molar-refractivity contribution in [3.63, 3.8) is 0 Å². The summed E-state index contributed by atoms with van der Waals surface area (Å²) in [4.78, 5) is 23.7. The molecule has 1 aromatic heterocycles. The topological polar surface area (TPSA) is 98.4 Å². The molecule has 1 heterocycles. The normalized spacial score (nSPS) is 12.7. The molecule has 0 fully saturated rings. The molecule has 0 aliphatic heterocycles. The maximum Gasteiger partial charge on any atom is 0.269 e. The van der Waals surface area contributed by atoms with E-state index in [0.29, 0.717) is 11.3 Å². The zero-order valence-corrected chi connectivity index (χ0v) is 17.5. The SMILES string of the molecule is COc1ccc(NC(=O)c2c3c(n(Nc4ccc([N+](=O)[O-])cc4)c2C)CCCC3)cc1. The number of nitro benzene ring substituents is 1. The molecule has 2 N–H and O–H groups in total. The van der Waals surface area contributed by atoms with E-state index in [0.717, 1.165) is 54.1 Å². The Morgan fingerprint density at radius 1 is 1.03 bits per heavy atom. The first-order valence-corrected chi connectivity index (χ1v) is 10.2. The second-order valence-electron chi connectivity index (χ2n) is 7.53. The fourth-order valence-electron chi connectivity index (χ4n) is 4.05. The van der Waals surface area contributed by atoms with Gasteiger partial charge in [0.15, 0.2) is 0 Å². The van der Waals surface area contributed by atoms with E-state index in [-0.39, 0.29) is 11.6 Å². The summed E-state index contributed by atoms with van der Waals surface area (Å²) in [6.45, 7) is 1.92. The number of methoxy groups -OCH3 is 1. The number of rotatable bonds is 6. The Morgan fingerprint density at radius 2 is 1.68 bits per heavy atom. The van der Waals surface area contributed by atoms with E-state index in [1.54, 1.807) is 31.4 Å². The van der Waals surface area contributed by atoms with Gasteiger partial charge in [-0.3, -0.25) is 25.0 Å². The average Bonchev–Trinajstić information content (AvgIpc) is 3.06. The van der Waals surface area contributed by atoms with Crippen LogP contribution < -0.4 is 15.5 Å². The first-order chi connectivity index (χ1) is 15.0. The molecule has 8 nitrogen and oxygen atoms in total. The van der Waals surface area contributed by atoms with Crippen molar-refractivity contribution < 1.29 is 14.5 Å². The van der Waals surface area contributed by atoms with Gasteiger partial charge in [0.25, 0.3) is 11.6 Å². The molecule has 0 unspecified atom stereocenters. The van der Waals surface area contributed by atoms with Gasteiger partial charge < -0.3 is 10.1 Å². The van der Waals surface area contributed by atoms with Gasteiger partial charge in [-0.25, -0.2) is 0 Å². The van der Waals surface area contributed by atoms with Crippen molar-refractivity contribution in [1.29, 1.82) is 0 Å². The minimum atomic E-state index is -0.422. The van der Waals surface area contributed by atoms with E-state index >= 15 is 0 Å². The predicted octanol–water partition coefficient (Wildman–Crippen LogP) is 4.72. The summed E-state index contributed by atoms with van der Waals surface area (Å²) in [5, 5.41) is 13.9. The molecule has 0 saturated carbocycles. The van der Waals surface area contributed by atoms with Crippen molar-refractivity contribution in [1.82, 2.24) is 4.68 Å². The first-order valence-electron chi connectivity index (χ1n) is 10.2. The smallest absolute Gasteiger partial charge is 0.269 e. The molecular formula is C23H24N4O4. The number of nitro groups is 1. The first kappa shape index (κ1) is 20.5. The van der Waals surface area contributed by atoms with Gasteiger partial charge in [-0.05, 0) is 74.6 Å². The third-order valence-corrected chi connectivity index (χ3v) is 5.60. The largest absolute Gasteiger partial charge is 0.497 e. The van der Waals surface area contributed by atoms with Crippen molar-refractivity contribution >= 4 is 23.0 Å². The van der Waals surface area contributed by atoms with Gasteiger partial charge in [-0.1, -0.05) is 0 Å². The van der Waals surface area contributed by atoms with Crippen LogP contribution in [0.5, 0.6) is 5.75 Å². The third-order valence-electron chi connectivity index (χ3n) is 5.60. The number of amides is 1. The number of non-ortho nitro benzene ring substituents is 1. The number of aromatic nitrogens is 1. The Morgan fingerprint density at radius 3 is 2.32 bits per heavy atom. The molecule has 3 aromatic rings. The zero-order valence-electron chi connectivity index (χ0n) is 17.5. The molecular weight excluding hydrogens is 396 g/mol. The highest BCUT2D eigenvalue weighted by Gasteiger charge is 2.27. The number of hydrogen-bond donors (Lipinski definition) is 2. The van der Waals surface area contributed by atoms with Crippen molar-refractivity contribution in [2.24, 2.45) is 0 Å². The van der Waals surface area contributed by atoms with E-state index < -0.39 is 4.92 Å². The Labute approximate surface area is 180 Å². The number of hydrogen-bond acceptors (Lipinski definition) is 5. The summed E-state index contributed by atoms with van der Waals surface area (Å²) < 4.78 is 7.11. The van der Waals surface area contributed by atoms with Crippen molar-refractivity contribution in [3.05, 3.63) is 81.2 Å². The fraction of sp³-hybridized carbons (Fsp3) is 0.261. The molecule has 31 heavy (non-hydrogen) atoms. The maximum absolute atomic E-state index is 13.2. The van der Waals surface area contributed by atoms with Crippen LogP contribution in [0.1, 0.15) is 40.2 Å². The van der Waals surface area contributed by atoms with Crippen LogP contribution in [0.2, 0.25) is 0 Å². The van der Waals surface area contributed by atoms with Crippen LogP contribution in [0.15, 0.2) is 48.5 Å². The molecule has 0 spiro atoms. The monoisotopic (exact) mass is 420 g/mol. The summed E-state index contributed by atoms with van der Waals surface area (Å²) in [6.07, 6.45) is 3.80. The number of fused-ring (bicyclic) bond motifs is 1. The number of ether oxygens (including phenoxy) is 1. The van der Waals surface area contributed by atoms with Crippen LogP contribution in [-0.4, -0.2) is 22.6 Å².